The predicted molar refractivity (Wildman–Crippen MR) is 72.0 cm³/mol. The molecule has 0 radical (unpaired) electrons. The molecule has 0 aliphatic heterocycles. The number of alkyl halides is 3. The van der Waals surface area contributed by atoms with Gasteiger partial charge >= 0.3 is 6.36 Å². The predicted octanol–water partition coefficient (Wildman–Crippen LogP) is 3.98. The number of rotatable bonds is 3. The summed E-state index contributed by atoms with van der Waals surface area (Å²) in [4.78, 5) is 4.27. The number of aromatic nitrogens is 2. The Morgan fingerprint density at radius 1 is 1.00 bits per heavy atom. The van der Waals surface area contributed by atoms with Gasteiger partial charge in [-0.25, -0.2) is 4.98 Å². The van der Waals surface area contributed by atoms with Crippen molar-refractivity contribution in [3.8, 4) is 5.75 Å². The number of nitrogens with zero attached hydrogens (tertiary/aromatic N) is 2. The Kier molecular flexibility index (Phi) is 3.29. The number of benzene rings is 2. The zero-order valence-electron chi connectivity index (χ0n) is 10.8. The van der Waals surface area contributed by atoms with Crippen molar-refractivity contribution in [2.24, 2.45) is 0 Å². The van der Waals surface area contributed by atoms with Gasteiger partial charge in [-0.1, -0.05) is 24.3 Å². The second-order valence-electron chi connectivity index (χ2n) is 4.55. The van der Waals surface area contributed by atoms with Crippen LogP contribution in [0, 0.1) is 0 Å². The molecule has 2 aromatic carbocycles. The van der Waals surface area contributed by atoms with E-state index in [4.69, 9.17) is 0 Å². The van der Waals surface area contributed by atoms with E-state index in [1.807, 2.05) is 28.8 Å². The van der Waals surface area contributed by atoms with Gasteiger partial charge in [-0.3, -0.25) is 0 Å². The van der Waals surface area contributed by atoms with Crippen LogP contribution in [-0.2, 0) is 6.54 Å². The average molecular weight is 292 g/mol. The number of para-hydroxylation sites is 2. The highest BCUT2D eigenvalue weighted by atomic mass is 19.4. The number of hydrogen-bond donors (Lipinski definition) is 0. The molecular weight excluding hydrogens is 281 g/mol. The normalized spacial score (nSPS) is 11.8. The van der Waals surface area contributed by atoms with E-state index in [9.17, 15) is 13.2 Å². The van der Waals surface area contributed by atoms with Crippen LogP contribution in [0.1, 0.15) is 5.56 Å². The van der Waals surface area contributed by atoms with Gasteiger partial charge in [0.2, 0.25) is 0 Å². The molecule has 3 nitrogen and oxygen atoms in total. The second kappa shape index (κ2) is 5.12. The first-order valence-electron chi connectivity index (χ1n) is 6.26. The summed E-state index contributed by atoms with van der Waals surface area (Å²) < 4.78 is 42.0. The molecule has 0 aliphatic rings. The topological polar surface area (TPSA) is 27.1 Å². The first-order chi connectivity index (χ1) is 10.0. The molecule has 3 aromatic rings. The number of fused-ring (bicyclic) bond motifs is 1. The monoisotopic (exact) mass is 292 g/mol. The summed E-state index contributed by atoms with van der Waals surface area (Å²) in [7, 11) is 0. The van der Waals surface area contributed by atoms with Crippen LogP contribution in [-0.4, -0.2) is 15.9 Å². The largest absolute Gasteiger partial charge is 0.573 e. The number of imidazole rings is 1. The first kappa shape index (κ1) is 13.5. The number of hydrogen-bond acceptors (Lipinski definition) is 2. The smallest absolute Gasteiger partial charge is 0.406 e. The summed E-state index contributed by atoms with van der Waals surface area (Å²) in [5.41, 5.74) is 2.73. The van der Waals surface area contributed by atoms with E-state index in [-0.39, 0.29) is 5.75 Å². The van der Waals surface area contributed by atoms with Crippen molar-refractivity contribution in [3.05, 3.63) is 60.4 Å². The summed E-state index contributed by atoms with van der Waals surface area (Å²) in [5.74, 6) is -0.221. The molecule has 21 heavy (non-hydrogen) atoms. The summed E-state index contributed by atoms with van der Waals surface area (Å²) in [5, 5.41) is 0. The number of ether oxygens (including phenoxy) is 1. The molecule has 0 amide bonds. The van der Waals surface area contributed by atoms with Gasteiger partial charge in [0.15, 0.2) is 0 Å². The molecule has 6 heteroatoms. The van der Waals surface area contributed by atoms with Crippen molar-refractivity contribution in [1.29, 1.82) is 0 Å². The molecule has 0 bridgehead atoms. The molecule has 0 N–H and O–H groups in total. The molecule has 0 saturated heterocycles. The van der Waals surface area contributed by atoms with Crippen LogP contribution < -0.4 is 4.74 Å². The Hall–Kier alpha value is -2.50. The lowest BCUT2D eigenvalue weighted by Gasteiger charge is -2.09. The molecule has 1 heterocycles. The SMILES string of the molecule is FC(F)(F)Oc1ccc(Cn2cnc3ccccc32)cc1. The van der Waals surface area contributed by atoms with Crippen LogP contribution in [0.3, 0.4) is 0 Å². The lowest BCUT2D eigenvalue weighted by Crippen LogP contribution is -2.17. The number of halogens is 3. The van der Waals surface area contributed by atoms with Crippen molar-refractivity contribution in [2.75, 3.05) is 0 Å². The van der Waals surface area contributed by atoms with E-state index in [1.165, 1.54) is 12.1 Å². The minimum absolute atomic E-state index is 0.221. The first-order valence-corrected chi connectivity index (χ1v) is 6.26. The molecule has 0 fully saturated rings. The van der Waals surface area contributed by atoms with Gasteiger partial charge in [0.1, 0.15) is 5.75 Å². The fourth-order valence-corrected chi connectivity index (χ4v) is 2.13. The molecule has 0 atom stereocenters. The van der Waals surface area contributed by atoms with Crippen molar-refractivity contribution in [3.63, 3.8) is 0 Å². The van der Waals surface area contributed by atoms with Gasteiger partial charge in [-0.15, -0.1) is 13.2 Å². The summed E-state index contributed by atoms with van der Waals surface area (Å²) in [6.45, 7) is 0.535. The van der Waals surface area contributed by atoms with Gasteiger partial charge in [0.05, 0.1) is 17.4 Å². The fraction of sp³-hybridized carbons (Fsp3) is 0.133. The molecule has 0 saturated carbocycles. The maximum Gasteiger partial charge on any atom is 0.573 e. The van der Waals surface area contributed by atoms with Gasteiger partial charge < -0.3 is 9.30 Å². The highest BCUT2D eigenvalue weighted by Gasteiger charge is 2.30. The van der Waals surface area contributed by atoms with Gasteiger partial charge in [0, 0.05) is 6.54 Å². The Balaban J connectivity index is 1.79. The molecule has 108 valence electrons. The molecule has 0 unspecified atom stereocenters. The van der Waals surface area contributed by atoms with Crippen molar-refractivity contribution in [1.82, 2.24) is 9.55 Å². The Labute approximate surface area is 118 Å². The lowest BCUT2D eigenvalue weighted by atomic mass is 10.2. The standard InChI is InChI=1S/C15H11F3N2O/c16-15(17,18)21-12-7-5-11(6-8-12)9-20-10-19-13-3-1-2-4-14(13)20/h1-8,10H,9H2. The molecule has 3 rings (SSSR count). The van der Waals surface area contributed by atoms with Gasteiger partial charge in [0.25, 0.3) is 0 Å². The zero-order valence-corrected chi connectivity index (χ0v) is 10.8. The third kappa shape index (κ3) is 3.16. The van der Waals surface area contributed by atoms with Gasteiger partial charge in [-0.05, 0) is 29.8 Å². The van der Waals surface area contributed by atoms with E-state index in [1.54, 1.807) is 18.5 Å². The van der Waals surface area contributed by atoms with E-state index in [2.05, 4.69) is 9.72 Å². The second-order valence-corrected chi connectivity index (χ2v) is 4.55. The lowest BCUT2D eigenvalue weighted by molar-refractivity contribution is -0.274. The Morgan fingerprint density at radius 2 is 1.71 bits per heavy atom. The van der Waals surface area contributed by atoms with Crippen LogP contribution in [0.25, 0.3) is 11.0 Å². The fourth-order valence-electron chi connectivity index (χ4n) is 2.13. The van der Waals surface area contributed by atoms with E-state index >= 15 is 0 Å². The van der Waals surface area contributed by atoms with Crippen molar-refractivity contribution < 1.29 is 17.9 Å². The van der Waals surface area contributed by atoms with Crippen LogP contribution in [0.5, 0.6) is 5.75 Å². The summed E-state index contributed by atoms with van der Waals surface area (Å²) in [6.07, 6.45) is -2.95. The maximum atomic E-state index is 12.1. The Morgan fingerprint density at radius 3 is 2.43 bits per heavy atom. The third-order valence-electron chi connectivity index (χ3n) is 3.04. The van der Waals surface area contributed by atoms with Crippen LogP contribution in [0.15, 0.2) is 54.9 Å². The van der Waals surface area contributed by atoms with Crippen LogP contribution >= 0.6 is 0 Å². The van der Waals surface area contributed by atoms with E-state index in [0.29, 0.717) is 6.54 Å². The van der Waals surface area contributed by atoms with Crippen LogP contribution in [0.4, 0.5) is 13.2 Å². The Bertz CT molecular complexity index is 747. The molecule has 0 aliphatic carbocycles. The molecular formula is C15H11F3N2O. The summed E-state index contributed by atoms with van der Waals surface area (Å²) >= 11 is 0. The minimum Gasteiger partial charge on any atom is -0.406 e. The van der Waals surface area contributed by atoms with Gasteiger partial charge in [-0.2, -0.15) is 0 Å². The molecule has 1 aromatic heterocycles. The highest BCUT2D eigenvalue weighted by Crippen LogP contribution is 2.23. The average Bonchev–Trinajstić information content (AvgIpc) is 2.83. The van der Waals surface area contributed by atoms with Crippen molar-refractivity contribution >= 4 is 11.0 Å². The third-order valence-corrected chi connectivity index (χ3v) is 3.04. The summed E-state index contributed by atoms with van der Waals surface area (Å²) in [6, 6.07) is 13.5. The van der Waals surface area contributed by atoms with E-state index in [0.717, 1.165) is 16.6 Å². The quantitative estimate of drug-likeness (QED) is 0.730. The van der Waals surface area contributed by atoms with E-state index < -0.39 is 6.36 Å². The van der Waals surface area contributed by atoms with Crippen LogP contribution in [0.2, 0.25) is 0 Å². The minimum atomic E-state index is -4.66. The van der Waals surface area contributed by atoms with Crippen molar-refractivity contribution in [2.45, 2.75) is 12.9 Å². The maximum absolute atomic E-state index is 12.1. The molecule has 0 spiro atoms. The zero-order chi connectivity index (χ0) is 14.9. The highest BCUT2D eigenvalue weighted by molar-refractivity contribution is 5.75.